The van der Waals surface area contributed by atoms with Gasteiger partial charge in [0.05, 0.1) is 19.2 Å². The highest BCUT2D eigenvalue weighted by atomic mass is 127. The minimum absolute atomic E-state index is 0.343. The zero-order valence-electron chi connectivity index (χ0n) is 23.1. The summed E-state index contributed by atoms with van der Waals surface area (Å²) in [4.78, 5) is 31.6. The molecule has 0 aromatic carbocycles. The molecule has 11 heteroatoms. The second kappa shape index (κ2) is 14.9. The third-order valence-electron chi connectivity index (χ3n) is 4.99. The van der Waals surface area contributed by atoms with E-state index in [2.05, 4.69) is 32.4 Å². The van der Waals surface area contributed by atoms with Crippen LogP contribution in [0, 0.1) is 21.3 Å². The van der Waals surface area contributed by atoms with Crippen LogP contribution in [0.4, 0.5) is 21.2 Å². The lowest BCUT2D eigenvalue weighted by Gasteiger charge is -2.19. The number of ether oxygens (including phenoxy) is 2. The van der Waals surface area contributed by atoms with Gasteiger partial charge in [0, 0.05) is 18.3 Å². The largest absolute Gasteiger partial charge is 0.444 e. The van der Waals surface area contributed by atoms with E-state index in [0.717, 1.165) is 12.8 Å². The summed E-state index contributed by atoms with van der Waals surface area (Å²) in [5.41, 5.74) is -0.560. The Labute approximate surface area is 254 Å². The SMILES string of the molecule is CC(C)(C)OC(=O)Nc1nccc(Cl)c1C#CC1CCCCC1.CC(C)(C)OC(=O)Nc1nccc(Cl)c1I. The van der Waals surface area contributed by atoms with Crippen molar-refractivity contribution in [3.63, 3.8) is 0 Å². The molecule has 2 N–H and O–H groups in total. The van der Waals surface area contributed by atoms with E-state index in [1.807, 2.05) is 43.4 Å². The molecule has 0 saturated heterocycles. The molecule has 2 aromatic rings. The first-order chi connectivity index (χ1) is 18.1. The van der Waals surface area contributed by atoms with Gasteiger partial charge in [-0.1, -0.05) is 54.3 Å². The van der Waals surface area contributed by atoms with Crippen LogP contribution in [0.25, 0.3) is 0 Å². The summed E-state index contributed by atoms with van der Waals surface area (Å²) >= 11 is 14.1. The maximum absolute atomic E-state index is 11.9. The molecule has 3 rings (SSSR count). The second-order valence-corrected chi connectivity index (χ2v) is 12.7. The molecule has 2 amide bonds. The monoisotopic (exact) mass is 688 g/mol. The Morgan fingerprint density at radius 2 is 1.36 bits per heavy atom. The van der Waals surface area contributed by atoms with Crippen LogP contribution < -0.4 is 10.6 Å². The quantitative estimate of drug-likeness (QED) is 0.242. The van der Waals surface area contributed by atoms with Crippen molar-refractivity contribution >= 4 is 69.6 Å². The molecule has 0 aliphatic heterocycles. The van der Waals surface area contributed by atoms with E-state index in [-0.39, 0.29) is 0 Å². The van der Waals surface area contributed by atoms with Crippen molar-refractivity contribution in [3.8, 4) is 11.8 Å². The highest BCUT2D eigenvalue weighted by Gasteiger charge is 2.19. The van der Waals surface area contributed by atoms with Gasteiger partial charge in [0.15, 0.2) is 5.82 Å². The van der Waals surface area contributed by atoms with Gasteiger partial charge in [-0.05, 0) is 89.1 Å². The predicted molar refractivity (Wildman–Crippen MR) is 164 cm³/mol. The van der Waals surface area contributed by atoms with Crippen LogP contribution in [0.15, 0.2) is 24.5 Å². The summed E-state index contributed by atoms with van der Waals surface area (Å²) in [6, 6.07) is 3.33. The van der Waals surface area contributed by atoms with Gasteiger partial charge >= 0.3 is 12.2 Å². The van der Waals surface area contributed by atoms with Crippen LogP contribution in [0.5, 0.6) is 0 Å². The average molecular weight is 689 g/mol. The van der Waals surface area contributed by atoms with Crippen LogP contribution in [0.2, 0.25) is 10.0 Å². The topological polar surface area (TPSA) is 102 Å². The van der Waals surface area contributed by atoms with E-state index >= 15 is 0 Å². The first kappa shape index (κ1) is 32.9. The van der Waals surface area contributed by atoms with Gasteiger partial charge in [-0.3, -0.25) is 10.6 Å². The summed E-state index contributed by atoms with van der Waals surface area (Å²) in [6.07, 6.45) is 7.95. The van der Waals surface area contributed by atoms with E-state index in [1.54, 1.807) is 39.1 Å². The maximum Gasteiger partial charge on any atom is 0.413 e. The molecular formula is C28H35Cl2IN4O4. The molecule has 0 atom stereocenters. The van der Waals surface area contributed by atoms with Gasteiger partial charge < -0.3 is 9.47 Å². The van der Waals surface area contributed by atoms with Gasteiger partial charge in [0.25, 0.3) is 0 Å². The zero-order chi connectivity index (χ0) is 29.2. The normalized spacial score (nSPS) is 13.7. The molecule has 1 aliphatic carbocycles. The lowest BCUT2D eigenvalue weighted by Crippen LogP contribution is -2.27. The van der Waals surface area contributed by atoms with Crippen molar-refractivity contribution in [2.24, 2.45) is 5.92 Å². The molecule has 0 radical (unpaired) electrons. The summed E-state index contributed by atoms with van der Waals surface area (Å²) < 4.78 is 11.0. The molecule has 0 unspecified atom stereocenters. The number of carbonyl (C=O) groups excluding carboxylic acids is 2. The van der Waals surface area contributed by atoms with Gasteiger partial charge in [-0.25, -0.2) is 19.6 Å². The Hall–Kier alpha value is -2.29. The number of carbonyl (C=O) groups is 2. The zero-order valence-corrected chi connectivity index (χ0v) is 26.8. The minimum atomic E-state index is -0.573. The third kappa shape index (κ3) is 12.6. The number of rotatable bonds is 2. The molecule has 0 bridgehead atoms. The fourth-order valence-electron chi connectivity index (χ4n) is 3.38. The highest BCUT2D eigenvalue weighted by Crippen LogP contribution is 2.26. The molecule has 0 spiro atoms. The number of hydrogen-bond donors (Lipinski definition) is 2. The summed E-state index contributed by atoms with van der Waals surface area (Å²) in [5, 5.41) is 6.20. The Kier molecular flexibility index (Phi) is 12.6. The van der Waals surface area contributed by atoms with Crippen molar-refractivity contribution in [2.75, 3.05) is 10.6 Å². The summed E-state index contributed by atoms with van der Waals surface area (Å²) in [7, 11) is 0. The van der Waals surface area contributed by atoms with Crippen LogP contribution in [0.3, 0.4) is 0 Å². The first-order valence-corrected chi connectivity index (χ1v) is 14.4. The van der Waals surface area contributed by atoms with Crippen molar-refractivity contribution in [3.05, 3.63) is 43.7 Å². The summed E-state index contributed by atoms with van der Waals surface area (Å²) in [5.74, 6) is 7.52. The number of halogens is 3. The van der Waals surface area contributed by atoms with Gasteiger partial charge in [0.1, 0.15) is 17.0 Å². The number of nitrogens with zero attached hydrogens (tertiary/aromatic N) is 2. The second-order valence-electron chi connectivity index (χ2n) is 10.8. The fraction of sp³-hybridized carbons (Fsp3) is 0.500. The molecule has 1 aliphatic rings. The van der Waals surface area contributed by atoms with Crippen LogP contribution in [-0.2, 0) is 9.47 Å². The van der Waals surface area contributed by atoms with Crippen molar-refractivity contribution in [1.29, 1.82) is 0 Å². The van der Waals surface area contributed by atoms with Crippen LogP contribution >= 0.6 is 45.8 Å². The molecule has 2 aromatic heterocycles. The Bertz CT molecular complexity index is 1210. The predicted octanol–water partition coefficient (Wildman–Crippen LogP) is 8.70. The fourth-order valence-corrected chi connectivity index (χ4v) is 4.17. The molecule has 8 nitrogen and oxygen atoms in total. The third-order valence-corrected chi connectivity index (χ3v) is 7.03. The van der Waals surface area contributed by atoms with E-state index in [9.17, 15) is 9.59 Å². The first-order valence-electron chi connectivity index (χ1n) is 12.6. The number of amides is 2. The molecule has 2 heterocycles. The number of nitrogens with one attached hydrogen (secondary N) is 2. The lowest BCUT2D eigenvalue weighted by molar-refractivity contribution is 0.0623. The maximum atomic E-state index is 11.9. The Balaban J connectivity index is 0.000000293. The summed E-state index contributed by atoms with van der Waals surface area (Å²) in [6.45, 7) is 10.8. The molecule has 39 heavy (non-hydrogen) atoms. The number of anilines is 2. The number of pyridine rings is 2. The molecule has 1 fully saturated rings. The highest BCUT2D eigenvalue weighted by molar-refractivity contribution is 14.1. The van der Waals surface area contributed by atoms with Crippen LogP contribution in [0.1, 0.15) is 79.2 Å². The Morgan fingerprint density at radius 1 is 0.872 bits per heavy atom. The van der Waals surface area contributed by atoms with Gasteiger partial charge in [0.2, 0.25) is 0 Å². The van der Waals surface area contributed by atoms with Gasteiger partial charge in [-0.15, -0.1) is 0 Å². The van der Waals surface area contributed by atoms with Crippen molar-refractivity contribution in [2.45, 2.75) is 84.8 Å². The van der Waals surface area contributed by atoms with E-state index in [1.165, 1.54) is 25.5 Å². The van der Waals surface area contributed by atoms with Crippen molar-refractivity contribution in [1.82, 2.24) is 9.97 Å². The molecular weight excluding hydrogens is 654 g/mol. The number of hydrogen-bond acceptors (Lipinski definition) is 6. The molecule has 1 saturated carbocycles. The molecule has 212 valence electrons. The average Bonchev–Trinajstić information content (AvgIpc) is 2.80. The minimum Gasteiger partial charge on any atom is -0.444 e. The van der Waals surface area contributed by atoms with Crippen molar-refractivity contribution < 1.29 is 19.1 Å². The standard InChI is InChI=1S/C18H23ClN2O2.C10H12ClIN2O2/c1-18(2,3)23-17(22)21-16-14(15(19)11-12-20-16)10-9-13-7-5-4-6-8-13;1-10(2,3)16-9(15)14-8-7(12)6(11)4-5-13-8/h11-13H,4-8H2,1-3H3,(H,20,21,22);4-5H,1-3H3,(H,13,14,15). The Morgan fingerprint density at radius 3 is 1.90 bits per heavy atom. The van der Waals surface area contributed by atoms with E-state index in [0.29, 0.717) is 36.7 Å². The van der Waals surface area contributed by atoms with E-state index in [4.69, 9.17) is 32.7 Å². The van der Waals surface area contributed by atoms with Gasteiger partial charge in [-0.2, -0.15) is 0 Å². The number of aromatic nitrogens is 2. The smallest absolute Gasteiger partial charge is 0.413 e. The van der Waals surface area contributed by atoms with Crippen LogP contribution in [-0.4, -0.2) is 33.4 Å². The van der Waals surface area contributed by atoms with E-state index < -0.39 is 23.4 Å². The lowest BCUT2D eigenvalue weighted by atomic mass is 9.90.